The Morgan fingerprint density at radius 1 is 1.21 bits per heavy atom. The Bertz CT molecular complexity index is 854. The number of carboxylic acids is 1. The fraction of sp³-hybridized carbons (Fsp3) is 0.438. The lowest BCUT2D eigenvalue weighted by Gasteiger charge is -2.20. The van der Waals surface area contributed by atoms with Gasteiger partial charge in [0.25, 0.3) is 0 Å². The largest absolute Gasteiger partial charge is 0.490 e. The molecule has 2 N–H and O–H groups in total. The number of carboxylic acid groups (broad SMARTS) is 1. The van der Waals surface area contributed by atoms with Gasteiger partial charge in [0, 0.05) is 18.8 Å². The molecule has 1 aliphatic rings. The molecule has 1 amide bonds. The average Bonchev–Trinajstić information content (AvgIpc) is 2.91. The van der Waals surface area contributed by atoms with Crippen molar-refractivity contribution in [3.05, 3.63) is 41.2 Å². The molecule has 2 aromatic rings. The monoisotopic (exact) mass is 419 g/mol. The second-order valence-corrected chi connectivity index (χ2v) is 5.98. The topological polar surface area (TPSA) is 121 Å². The molecular formula is C16H17F4N5O4. The van der Waals surface area contributed by atoms with Crippen molar-refractivity contribution in [2.45, 2.75) is 38.7 Å². The van der Waals surface area contributed by atoms with E-state index in [1.54, 1.807) is 9.58 Å². The third-order valence-electron chi connectivity index (χ3n) is 3.92. The Kier molecular flexibility index (Phi) is 7.20. The van der Waals surface area contributed by atoms with E-state index in [4.69, 9.17) is 9.90 Å². The van der Waals surface area contributed by atoms with E-state index in [-0.39, 0.29) is 18.9 Å². The molecule has 13 heteroatoms. The lowest BCUT2D eigenvalue weighted by molar-refractivity contribution is -0.192. The Morgan fingerprint density at radius 3 is 2.45 bits per heavy atom. The fourth-order valence-electron chi connectivity index (χ4n) is 2.51. The molecule has 0 radical (unpaired) electrons. The first-order valence-electron chi connectivity index (χ1n) is 8.32. The third-order valence-corrected chi connectivity index (χ3v) is 3.92. The number of nitrogens with zero attached hydrogens (tertiary/aromatic N) is 5. The molecule has 0 spiro atoms. The van der Waals surface area contributed by atoms with Crippen molar-refractivity contribution in [1.82, 2.24) is 24.9 Å². The van der Waals surface area contributed by atoms with Gasteiger partial charge in [-0.3, -0.25) is 9.78 Å². The van der Waals surface area contributed by atoms with Crippen LogP contribution in [0.3, 0.4) is 0 Å². The number of hydrogen-bond donors (Lipinski definition) is 2. The van der Waals surface area contributed by atoms with E-state index in [9.17, 15) is 27.5 Å². The summed E-state index contributed by atoms with van der Waals surface area (Å²) in [5.41, 5.74) is 1.80. The highest BCUT2D eigenvalue weighted by atomic mass is 19.4. The van der Waals surface area contributed by atoms with Gasteiger partial charge >= 0.3 is 12.1 Å². The Hall–Kier alpha value is -3.09. The molecule has 0 aliphatic carbocycles. The maximum Gasteiger partial charge on any atom is 0.490 e. The molecule has 0 fully saturated rings. The minimum absolute atomic E-state index is 0.0855. The summed E-state index contributed by atoms with van der Waals surface area (Å²) >= 11 is 0. The fourth-order valence-corrected chi connectivity index (χ4v) is 2.51. The van der Waals surface area contributed by atoms with Crippen LogP contribution in [0.2, 0.25) is 0 Å². The highest BCUT2D eigenvalue weighted by molar-refractivity contribution is 5.78. The predicted molar refractivity (Wildman–Crippen MR) is 87.6 cm³/mol. The molecule has 158 valence electrons. The van der Waals surface area contributed by atoms with Crippen molar-refractivity contribution < 1.29 is 37.4 Å². The molecule has 0 atom stereocenters. The summed E-state index contributed by atoms with van der Waals surface area (Å²) in [5, 5.41) is 24.3. The normalized spacial score (nSPS) is 13.8. The average molecular weight is 419 g/mol. The summed E-state index contributed by atoms with van der Waals surface area (Å²) in [5.74, 6) is -3.27. The van der Waals surface area contributed by atoms with Crippen molar-refractivity contribution >= 4 is 11.9 Å². The van der Waals surface area contributed by atoms with Gasteiger partial charge in [0.15, 0.2) is 0 Å². The number of hydrogen-bond acceptors (Lipinski definition) is 6. The van der Waals surface area contributed by atoms with Gasteiger partial charge in [-0.05, 0) is 18.6 Å². The number of pyridine rings is 1. The molecule has 1 aliphatic heterocycles. The zero-order valence-corrected chi connectivity index (χ0v) is 14.9. The van der Waals surface area contributed by atoms with E-state index >= 15 is 0 Å². The van der Waals surface area contributed by atoms with Crippen molar-refractivity contribution in [2.24, 2.45) is 0 Å². The van der Waals surface area contributed by atoms with Gasteiger partial charge < -0.3 is 15.1 Å². The van der Waals surface area contributed by atoms with Crippen molar-refractivity contribution in [3.8, 4) is 0 Å². The number of carbonyl (C=O) groups is 2. The van der Waals surface area contributed by atoms with Gasteiger partial charge in [0.1, 0.15) is 11.5 Å². The quantitative estimate of drug-likeness (QED) is 0.710. The lowest BCUT2D eigenvalue weighted by Crippen LogP contribution is -2.32. The van der Waals surface area contributed by atoms with Gasteiger partial charge in [-0.25, -0.2) is 13.9 Å². The van der Waals surface area contributed by atoms with Crippen molar-refractivity contribution in [1.29, 1.82) is 0 Å². The van der Waals surface area contributed by atoms with Gasteiger partial charge in [-0.1, -0.05) is 5.21 Å². The van der Waals surface area contributed by atoms with Crippen LogP contribution in [0, 0.1) is 5.82 Å². The van der Waals surface area contributed by atoms with E-state index in [1.165, 1.54) is 12.1 Å². The van der Waals surface area contributed by atoms with Crippen LogP contribution < -0.4 is 0 Å². The number of aryl methyl sites for hydroxylation is 1. The SMILES string of the molecule is O=C(Cc1ccc(F)cn1)N1CCCn2nnc(CO)c2C1.O=C(O)C(F)(F)F. The minimum Gasteiger partial charge on any atom is -0.475 e. The number of amides is 1. The van der Waals surface area contributed by atoms with E-state index in [0.717, 1.165) is 18.3 Å². The third kappa shape index (κ3) is 6.20. The minimum atomic E-state index is -5.08. The maximum atomic E-state index is 12.8. The molecule has 29 heavy (non-hydrogen) atoms. The van der Waals surface area contributed by atoms with Gasteiger partial charge in [0.05, 0.1) is 31.5 Å². The van der Waals surface area contributed by atoms with Gasteiger partial charge in [-0.2, -0.15) is 13.2 Å². The molecule has 0 unspecified atom stereocenters. The molecule has 0 aromatic carbocycles. The van der Waals surface area contributed by atoms with Crippen LogP contribution in [0.5, 0.6) is 0 Å². The summed E-state index contributed by atoms with van der Waals surface area (Å²) in [4.78, 5) is 26.9. The van der Waals surface area contributed by atoms with E-state index < -0.39 is 18.0 Å². The number of halogens is 4. The van der Waals surface area contributed by atoms with E-state index in [0.29, 0.717) is 31.0 Å². The second kappa shape index (κ2) is 9.41. The Morgan fingerprint density at radius 2 is 1.90 bits per heavy atom. The molecule has 9 nitrogen and oxygen atoms in total. The maximum absolute atomic E-state index is 12.8. The first kappa shape index (κ1) is 22.2. The van der Waals surface area contributed by atoms with E-state index in [1.807, 2.05) is 0 Å². The Labute approximate surface area is 161 Å². The number of rotatable bonds is 3. The second-order valence-electron chi connectivity index (χ2n) is 5.98. The van der Waals surface area contributed by atoms with Crippen LogP contribution in [0.1, 0.15) is 23.5 Å². The number of aliphatic carboxylic acids is 1. The Balaban J connectivity index is 0.000000370. The highest BCUT2D eigenvalue weighted by Crippen LogP contribution is 2.16. The van der Waals surface area contributed by atoms with Crippen LogP contribution >= 0.6 is 0 Å². The summed E-state index contributed by atoms with van der Waals surface area (Å²) < 4.78 is 46.3. The summed E-state index contributed by atoms with van der Waals surface area (Å²) in [6.45, 7) is 1.44. The molecular weight excluding hydrogens is 402 g/mol. The van der Waals surface area contributed by atoms with Crippen LogP contribution in [0.25, 0.3) is 0 Å². The number of alkyl halides is 3. The van der Waals surface area contributed by atoms with Crippen molar-refractivity contribution in [2.75, 3.05) is 6.54 Å². The summed E-state index contributed by atoms with van der Waals surface area (Å²) in [7, 11) is 0. The summed E-state index contributed by atoms with van der Waals surface area (Å²) in [6, 6.07) is 2.80. The standard InChI is InChI=1S/C14H16FN5O2.C2HF3O2/c15-10-2-3-11(16-7-10)6-14(22)19-4-1-5-20-13(8-19)12(9-21)17-18-20;3-2(4,5)1(6)7/h2-3,7,21H,1,4-6,8-9H2;(H,6,7). The number of aliphatic hydroxyl groups excluding tert-OH is 1. The summed E-state index contributed by atoms with van der Waals surface area (Å²) in [6.07, 6.45) is -3.09. The molecule has 2 aromatic heterocycles. The highest BCUT2D eigenvalue weighted by Gasteiger charge is 2.38. The van der Waals surface area contributed by atoms with Crippen LogP contribution in [0.15, 0.2) is 18.3 Å². The molecule has 0 saturated heterocycles. The zero-order valence-electron chi connectivity index (χ0n) is 14.9. The number of fused-ring (bicyclic) bond motifs is 1. The van der Waals surface area contributed by atoms with E-state index in [2.05, 4.69) is 15.3 Å². The zero-order chi connectivity index (χ0) is 21.6. The van der Waals surface area contributed by atoms with Crippen LogP contribution in [-0.2, 0) is 35.7 Å². The lowest BCUT2D eigenvalue weighted by atomic mass is 10.2. The number of aromatic nitrogens is 4. The molecule has 3 heterocycles. The smallest absolute Gasteiger partial charge is 0.475 e. The number of aliphatic hydroxyl groups is 1. The first-order chi connectivity index (χ1) is 13.6. The molecule has 3 rings (SSSR count). The molecule has 0 bridgehead atoms. The number of carbonyl (C=O) groups excluding carboxylic acids is 1. The van der Waals surface area contributed by atoms with Crippen LogP contribution in [0.4, 0.5) is 17.6 Å². The molecule has 0 saturated carbocycles. The first-order valence-corrected chi connectivity index (χ1v) is 8.32. The van der Waals surface area contributed by atoms with Crippen molar-refractivity contribution in [3.63, 3.8) is 0 Å². The van der Waals surface area contributed by atoms with Gasteiger partial charge in [-0.15, -0.1) is 5.10 Å². The van der Waals surface area contributed by atoms with Gasteiger partial charge in [0.2, 0.25) is 5.91 Å². The predicted octanol–water partition coefficient (Wildman–Crippen LogP) is 0.913. The van der Waals surface area contributed by atoms with Crippen LogP contribution in [-0.4, -0.2) is 59.7 Å².